The van der Waals surface area contributed by atoms with Gasteiger partial charge in [0.25, 0.3) is 11.8 Å². The average molecular weight is 486 g/mol. The molecule has 0 spiro atoms. The number of carbonyl (C=O) groups excluding carboxylic acids is 2. The van der Waals surface area contributed by atoms with E-state index in [0.717, 1.165) is 23.7 Å². The highest BCUT2D eigenvalue weighted by atomic mass is 16.5. The first-order valence-corrected chi connectivity index (χ1v) is 11.7. The van der Waals surface area contributed by atoms with E-state index in [0.29, 0.717) is 42.2 Å². The van der Waals surface area contributed by atoms with E-state index in [-0.39, 0.29) is 11.6 Å². The van der Waals surface area contributed by atoms with E-state index in [4.69, 9.17) is 10.5 Å². The molecule has 4 aromatic rings. The van der Waals surface area contributed by atoms with E-state index >= 15 is 0 Å². The number of aromatic nitrogens is 4. The zero-order valence-electron chi connectivity index (χ0n) is 20.1. The van der Waals surface area contributed by atoms with Crippen LogP contribution >= 0.6 is 0 Å². The molecular formula is C26H27N7O3. The molecule has 2 amide bonds. The van der Waals surface area contributed by atoms with Crippen molar-refractivity contribution < 1.29 is 14.3 Å². The first-order chi connectivity index (χ1) is 17.5. The molecule has 2 aromatic heterocycles. The minimum absolute atomic E-state index is 0.123. The third-order valence-corrected chi connectivity index (χ3v) is 6.26. The molecule has 0 atom stereocenters. The Hall–Kier alpha value is -4.44. The van der Waals surface area contributed by atoms with Gasteiger partial charge < -0.3 is 25.3 Å². The predicted molar refractivity (Wildman–Crippen MR) is 135 cm³/mol. The normalized spacial score (nSPS) is 13.1. The monoisotopic (exact) mass is 485 g/mol. The molecule has 0 saturated heterocycles. The van der Waals surface area contributed by atoms with E-state index < -0.39 is 5.91 Å². The fourth-order valence-corrected chi connectivity index (χ4v) is 4.44. The van der Waals surface area contributed by atoms with Crippen LogP contribution in [0.15, 0.2) is 60.9 Å². The van der Waals surface area contributed by atoms with Crippen molar-refractivity contribution in [3.05, 3.63) is 83.7 Å². The number of carbonyl (C=O) groups is 2. The van der Waals surface area contributed by atoms with Gasteiger partial charge in [0, 0.05) is 35.9 Å². The lowest BCUT2D eigenvalue weighted by molar-refractivity contribution is 0.0972. The van der Waals surface area contributed by atoms with Crippen molar-refractivity contribution in [3.63, 3.8) is 0 Å². The molecule has 36 heavy (non-hydrogen) atoms. The molecule has 2 aromatic carbocycles. The first kappa shape index (κ1) is 23.3. The summed E-state index contributed by atoms with van der Waals surface area (Å²) < 4.78 is 8.74. The minimum atomic E-state index is -0.655. The maximum Gasteiger partial charge on any atom is 0.277 e. The summed E-state index contributed by atoms with van der Waals surface area (Å²) in [6, 6.07) is 14.9. The van der Waals surface area contributed by atoms with Gasteiger partial charge in [0.05, 0.1) is 19.3 Å². The fraction of sp³-hybridized carbons (Fsp3) is 0.231. The molecule has 10 heteroatoms. The molecular weight excluding hydrogens is 458 g/mol. The van der Waals surface area contributed by atoms with Crippen LogP contribution in [-0.4, -0.2) is 51.3 Å². The van der Waals surface area contributed by atoms with Crippen LogP contribution in [0.5, 0.6) is 5.75 Å². The summed E-state index contributed by atoms with van der Waals surface area (Å²) in [4.78, 5) is 32.0. The number of methoxy groups -OCH3 is 1. The number of primary amides is 1. The lowest BCUT2D eigenvalue weighted by atomic mass is 10.0. The van der Waals surface area contributed by atoms with Gasteiger partial charge in [0.2, 0.25) is 0 Å². The largest absolute Gasteiger partial charge is 0.497 e. The number of anilines is 1. The Balaban J connectivity index is 1.48. The third kappa shape index (κ3) is 4.11. The molecule has 184 valence electrons. The highest BCUT2D eigenvalue weighted by molar-refractivity contribution is 6.09. The van der Waals surface area contributed by atoms with Crippen LogP contribution in [0.3, 0.4) is 0 Å². The highest BCUT2D eigenvalue weighted by Crippen LogP contribution is 2.30. The highest BCUT2D eigenvalue weighted by Gasteiger charge is 2.34. The average Bonchev–Trinajstić information content (AvgIpc) is 3.53. The Labute approximate surface area is 208 Å². The van der Waals surface area contributed by atoms with E-state index in [9.17, 15) is 9.59 Å². The second kappa shape index (κ2) is 9.67. The van der Waals surface area contributed by atoms with Gasteiger partial charge in [-0.1, -0.05) is 6.92 Å². The van der Waals surface area contributed by atoms with Crippen LogP contribution in [-0.2, 0) is 13.0 Å². The van der Waals surface area contributed by atoms with Gasteiger partial charge in [-0.05, 0) is 61.5 Å². The van der Waals surface area contributed by atoms with Gasteiger partial charge in [-0.25, -0.2) is 9.67 Å². The molecule has 0 aliphatic carbocycles. The molecule has 10 nitrogen and oxygen atoms in total. The SMILES string of the molecule is CCNCc1nccn1-c1ccc(N2CCc3c(C(N)=O)nn(-c4ccc(OC)cc4)c3C2=O)cc1. The van der Waals surface area contributed by atoms with E-state index in [2.05, 4.69) is 22.3 Å². The summed E-state index contributed by atoms with van der Waals surface area (Å²) in [6.07, 6.45) is 4.15. The summed E-state index contributed by atoms with van der Waals surface area (Å²) in [7, 11) is 1.58. The quantitative estimate of drug-likeness (QED) is 0.396. The van der Waals surface area contributed by atoms with Crippen molar-refractivity contribution in [3.8, 4) is 17.1 Å². The number of ether oxygens (including phenoxy) is 1. The number of amides is 2. The zero-order valence-corrected chi connectivity index (χ0v) is 20.1. The topological polar surface area (TPSA) is 120 Å². The molecule has 3 N–H and O–H groups in total. The molecule has 0 unspecified atom stereocenters. The number of benzene rings is 2. The van der Waals surface area contributed by atoms with Crippen LogP contribution in [0.1, 0.15) is 39.3 Å². The molecule has 1 aliphatic rings. The molecule has 0 radical (unpaired) electrons. The molecule has 5 rings (SSSR count). The van der Waals surface area contributed by atoms with Gasteiger partial charge in [0.15, 0.2) is 5.69 Å². The summed E-state index contributed by atoms with van der Waals surface area (Å²) in [5.74, 6) is 0.688. The standard InChI is InChI=1S/C26H27N7O3/c1-3-28-16-22-29-13-15-31(22)17-4-6-18(7-5-17)32-14-12-21-23(25(27)34)30-33(24(21)26(32)35)19-8-10-20(36-2)11-9-19/h4-11,13,15,28H,3,12,14,16H2,1-2H3,(H2,27,34). The second-order valence-corrected chi connectivity index (χ2v) is 8.37. The van der Waals surface area contributed by atoms with Gasteiger partial charge in [-0.3, -0.25) is 9.59 Å². The number of nitrogens with two attached hydrogens (primary N) is 1. The van der Waals surface area contributed by atoms with E-state index in [1.807, 2.05) is 35.0 Å². The third-order valence-electron chi connectivity index (χ3n) is 6.26. The fourth-order valence-electron chi connectivity index (χ4n) is 4.44. The number of hydrogen-bond donors (Lipinski definition) is 2. The van der Waals surface area contributed by atoms with Crippen LogP contribution in [0.25, 0.3) is 11.4 Å². The Kier molecular flexibility index (Phi) is 6.26. The molecule has 1 aliphatic heterocycles. The summed E-state index contributed by atoms with van der Waals surface area (Å²) in [6.45, 7) is 3.98. The number of hydrogen-bond acceptors (Lipinski definition) is 6. The first-order valence-electron chi connectivity index (χ1n) is 11.7. The number of nitrogens with zero attached hydrogens (tertiary/aromatic N) is 5. The Morgan fingerprint density at radius 1 is 1.08 bits per heavy atom. The summed E-state index contributed by atoms with van der Waals surface area (Å²) >= 11 is 0. The lowest BCUT2D eigenvalue weighted by Crippen LogP contribution is -2.39. The van der Waals surface area contributed by atoms with Crippen LogP contribution in [0, 0.1) is 0 Å². The Bertz CT molecular complexity index is 1400. The Morgan fingerprint density at radius 2 is 1.78 bits per heavy atom. The summed E-state index contributed by atoms with van der Waals surface area (Å²) in [5, 5.41) is 7.71. The Morgan fingerprint density at radius 3 is 2.44 bits per heavy atom. The number of rotatable bonds is 8. The van der Waals surface area contributed by atoms with Crippen molar-refractivity contribution in [2.24, 2.45) is 5.73 Å². The van der Waals surface area contributed by atoms with Crippen LogP contribution < -0.4 is 20.7 Å². The van der Waals surface area contributed by atoms with Gasteiger partial charge in [-0.2, -0.15) is 5.10 Å². The van der Waals surface area contributed by atoms with Crippen molar-refractivity contribution >= 4 is 17.5 Å². The van der Waals surface area contributed by atoms with Crippen molar-refractivity contribution in [1.29, 1.82) is 0 Å². The minimum Gasteiger partial charge on any atom is -0.497 e. The van der Waals surface area contributed by atoms with E-state index in [1.54, 1.807) is 42.5 Å². The molecule has 3 heterocycles. The molecule has 0 fully saturated rings. The predicted octanol–water partition coefficient (Wildman–Crippen LogP) is 2.48. The smallest absolute Gasteiger partial charge is 0.277 e. The zero-order chi connectivity index (χ0) is 25.2. The van der Waals surface area contributed by atoms with Crippen molar-refractivity contribution in [1.82, 2.24) is 24.6 Å². The summed E-state index contributed by atoms with van der Waals surface area (Å²) in [5.41, 5.74) is 8.98. The van der Waals surface area contributed by atoms with Gasteiger partial charge in [0.1, 0.15) is 17.3 Å². The van der Waals surface area contributed by atoms with Gasteiger partial charge in [-0.15, -0.1) is 0 Å². The van der Waals surface area contributed by atoms with Crippen LogP contribution in [0.4, 0.5) is 5.69 Å². The van der Waals surface area contributed by atoms with Crippen LogP contribution in [0.2, 0.25) is 0 Å². The number of nitrogens with one attached hydrogen (secondary N) is 1. The molecule has 0 saturated carbocycles. The lowest BCUT2D eigenvalue weighted by Gasteiger charge is -2.28. The maximum atomic E-state index is 13.7. The second-order valence-electron chi connectivity index (χ2n) is 8.37. The number of fused-ring (bicyclic) bond motifs is 1. The molecule has 0 bridgehead atoms. The van der Waals surface area contributed by atoms with Crippen molar-refractivity contribution in [2.45, 2.75) is 19.9 Å². The number of imidazole rings is 1. The van der Waals surface area contributed by atoms with Gasteiger partial charge >= 0.3 is 0 Å². The maximum absolute atomic E-state index is 13.7. The van der Waals surface area contributed by atoms with Crippen molar-refractivity contribution in [2.75, 3.05) is 25.1 Å². The van der Waals surface area contributed by atoms with E-state index in [1.165, 1.54) is 4.68 Å².